The van der Waals surface area contributed by atoms with E-state index in [2.05, 4.69) is 4.74 Å². The molecule has 0 bridgehead atoms. The molecule has 1 aromatic heterocycles. The van der Waals surface area contributed by atoms with Crippen molar-refractivity contribution in [2.45, 2.75) is 13.3 Å². The third kappa shape index (κ3) is 2.95. The van der Waals surface area contributed by atoms with Gasteiger partial charge in [-0.15, -0.1) is 0 Å². The first-order valence-electron chi connectivity index (χ1n) is 6.21. The van der Waals surface area contributed by atoms with Gasteiger partial charge in [0.2, 0.25) is 0 Å². The average molecular weight is 347 g/mol. The fourth-order valence-corrected chi connectivity index (χ4v) is 2.33. The van der Waals surface area contributed by atoms with E-state index in [9.17, 15) is 14.9 Å². The Hall–Kier alpha value is -1.99. The number of ether oxygens (including phenoxy) is 2. The molecule has 0 N–H and O–H groups in total. The van der Waals surface area contributed by atoms with Crippen molar-refractivity contribution in [3.8, 4) is 0 Å². The molecule has 0 unspecified atom stereocenters. The molecule has 0 aliphatic carbocycles. The van der Waals surface area contributed by atoms with Gasteiger partial charge in [-0.2, -0.15) is 0 Å². The second-order valence-corrected chi connectivity index (χ2v) is 5.24. The number of aromatic nitrogens is 2. The van der Waals surface area contributed by atoms with Crippen molar-refractivity contribution in [3.05, 3.63) is 43.7 Å². The van der Waals surface area contributed by atoms with E-state index in [1.54, 1.807) is 0 Å². The molecule has 0 radical (unpaired) electrons. The highest BCUT2D eigenvalue weighted by Crippen LogP contribution is 2.26. The van der Waals surface area contributed by atoms with E-state index in [4.69, 9.17) is 27.9 Å². The molecule has 0 saturated carbocycles. The summed E-state index contributed by atoms with van der Waals surface area (Å²) in [7, 11) is 1.18. The Kier molecular flexibility index (Phi) is 4.77. The first-order chi connectivity index (χ1) is 10.4. The predicted molar refractivity (Wildman–Crippen MR) is 80.9 cm³/mol. The molecule has 0 amide bonds. The van der Waals surface area contributed by atoms with Gasteiger partial charge in [0.15, 0.2) is 0 Å². The van der Waals surface area contributed by atoms with Crippen molar-refractivity contribution in [2.24, 2.45) is 0 Å². The number of methoxy groups -OCH3 is 1. The normalized spacial score (nSPS) is 10.7. The van der Waals surface area contributed by atoms with Gasteiger partial charge in [-0.25, -0.2) is 4.79 Å². The topological polar surface area (TPSA) is 86.5 Å². The van der Waals surface area contributed by atoms with Crippen LogP contribution in [0.2, 0.25) is 10.0 Å². The summed E-state index contributed by atoms with van der Waals surface area (Å²) in [5.74, 6) is 0. The molecule has 0 saturated heterocycles. The molecule has 0 spiro atoms. The summed E-state index contributed by atoms with van der Waals surface area (Å²) in [5.41, 5.74) is 0.557. The van der Waals surface area contributed by atoms with E-state index in [0.717, 1.165) is 0 Å². The average Bonchev–Trinajstić information content (AvgIpc) is 2.50. The lowest BCUT2D eigenvalue weighted by Gasteiger charge is -2.17. The summed E-state index contributed by atoms with van der Waals surface area (Å²) in [5, 5.41) is 12.6. The summed E-state index contributed by atoms with van der Waals surface area (Å²) in [4.78, 5) is 23.3. The Morgan fingerprint density at radius 3 is 2.64 bits per heavy atom. The fraction of sp³-hybridized carbons (Fsp3) is 0.308. The van der Waals surface area contributed by atoms with Crippen molar-refractivity contribution in [3.63, 3.8) is 0 Å². The number of carbonyl (C=O) groups excluding carboxylic acids is 1. The van der Waals surface area contributed by atoms with Gasteiger partial charge in [-0.05, 0) is 13.0 Å². The highest BCUT2D eigenvalue weighted by Gasteiger charge is 2.21. The largest absolute Gasteiger partial charge is 0.805 e. The summed E-state index contributed by atoms with van der Waals surface area (Å²) in [6.07, 6.45) is -0.802. The number of halogens is 2. The number of hydrogen-bond donors (Lipinski definition) is 0. The lowest BCUT2D eigenvalue weighted by Crippen LogP contribution is -2.28. The molecule has 22 heavy (non-hydrogen) atoms. The van der Waals surface area contributed by atoms with Crippen LogP contribution >= 0.6 is 23.2 Å². The van der Waals surface area contributed by atoms with E-state index < -0.39 is 6.16 Å². The minimum atomic E-state index is -0.860. The molecular weight excluding hydrogens is 335 g/mol. The SMILES string of the molecule is COC(=O)OCCc1c(C)n([O-])c2cc(Cl)c(Cl)cc2[n+]1=O. The quantitative estimate of drug-likeness (QED) is 0.629. The third-order valence-electron chi connectivity index (χ3n) is 3.15. The Balaban J connectivity index is 2.49. The molecule has 118 valence electrons. The Morgan fingerprint density at radius 1 is 1.36 bits per heavy atom. The van der Waals surface area contributed by atoms with Gasteiger partial charge in [0.25, 0.3) is 11.2 Å². The van der Waals surface area contributed by atoms with E-state index >= 15 is 0 Å². The summed E-state index contributed by atoms with van der Waals surface area (Å²) in [6, 6.07) is 2.66. The van der Waals surface area contributed by atoms with Crippen LogP contribution in [0.1, 0.15) is 11.4 Å². The molecule has 1 heterocycles. The Bertz CT molecular complexity index is 803. The number of carbonyl (C=O) groups is 1. The summed E-state index contributed by atoms with van der Waals surface area (Å²) >= 11 is 11.8. The molecular formula is C13H12Cl2N2O5. The van der Waals surface area contributed by atoms with Gasteiger partial charge in [-0.3, -0.25) is 0 Å². The second-order valence-electron chi connectivity index (χ2n) is 4.43. The van der Waals surface area contributed by atoms with Crippen molar-refractivity contribution in [2.75, 3.05) is 13.7 Å². The van der Waals surface area contributed by atoms with E-state index in [1.807, 2.05) is 0 Å². The van der Waals surface area contributed by atoms with Crippen LogP contribution in [-0.2, 0) is 15.9 Å². The number of benzene rings is 1. The van der Waals surface area contributed by atoms with E-state index in [-0.39, 0.29) is 45.5 Å². The highest BCUT2D eigenvalue weighted by molar-refractivity contribution is 6.42. The Labute approximate surface area is 135 Å². The third-order valence-corrected chi connectivity index (χ3v) is 3.87. The zero-order chi connectivity index (χ0) is 16.4. The zero-order valence-electron chi connectivity index (χ0n) is 11.8. The van der Waals surface area contributed by atoms with Crippen LogP contribution in [0.5, 0.6) is 0 Å². The number of nitrogens with zero attached hydrogens (tertiary/aromatic N) is 2. The molecule has 7 nitrogen and oxygen atoms in total. The van der Waals surface area contributed by atoms with Gasteiger partial charge in [-0.1, -0.05) is 23.2 Å². The summed E-state index contributed by atoms with van der Waals surface area (Å²) < 4.78 is 10.2. The highest BCUT2D eigenvalue weighted by atomic mass is 35.5. The molecule has 1 aromatic carbocycles. The van der Waals surface area contributed by atoms with Gasteiger partial charge in [0, 0.05) is 11.0 Å². The first-order valence-corrected chi connectivity index (χ1v) is 6.96. The fourth-order valence-electron chi connectivity index (χ4n) is 2.01. The smallest absolute Gasteiger partial charge is 0.507 e. The number of fused-ring (bicyclic) bond motifs is 1. The monoisotopic (exact) mass is 346 g/mol. The summed E-state index contributed by atoms with van der Waals surface area (Å²) in [6.45, 7) is 1.40. The maximum Gasteiger partial charge on any atom is 0.507 e. The lowest BCUT2D eigenvalue weighted by molar-refractivity contribution is -0.476. The van der Waals surface area contributed by atoms with Crippen LogP contribution < -0.4 is 4.43 Å². The molecule has 2 aromatic rings. The molecule has 0 aliphatic heterocycles. The van der Waals surface area contributed by atoms with Crippen LogP contribution in [0, 0.1) is 17.0 Å². The lowest BCUT2D eigenvalue weighted by atomic mass is 10.2. The maximum atomic E-state index is 12.4. The first kappa shape index (κ1) is 16.4. The van der Waals surface area contributed by atoms with E-state index in [1.165, 1.54) is 26.2 Å². The van der Waals surface area contributed by atoms with Gasteiger partial charge in [0.05, 0.1) is 33.7 Å². The van der Waals surface area contributed by atoms with Crippen LogP contribution in [0.15, 0.2) is 12.1 Å². The molecule has 2 rings (SSSR count). The molecule has 0 fully saturated rings. The molecule has 0 atom stereocenters. The predicted octanol–water partition coefficient (Wildman–Crippen LogP) is 2.84. The van der Waals surface area contributed by atoms with Crippen LogP contribution in [0.4, 0.5) is 4.79 Å². The van der Waals surface area contributed by atoms with E-state index in [0.29, 0.717) is 9.16 Å². The molecule has 9 heteroatoms. The minimum absolute atomic E-state index is 0.0584. The van der Waals surface area contributed by atoms with Gasteiger partial charge >= 0.3 is 6.16 Å². The number of hydrogen-bond acceptors (Lipinski definition) is 5. The minimum Gasteiger partial charge on any atom is -0.805 e. The van der Waals surface area contributed by atoms with Gasteiger partial charge in [0.1, 0.15) is 12.1 Å². The second kappa shape index (κ2) is 6.41. The molecule has 0 aliphatic rings. The Morgan fingerprint density at radius 2 is 2.00 bits per heavy atom. The van der Waals surface area contributed by atoms with Crippen molar-refractivity contribution in [1.82, 2.24) is 4.73 Å². The standard InChI is InChI=1S/C13H12Cl2N2O5/c1-7-10(3-4-22-13(18)21-2)17(20)12-6-9(15)8(14)5-11(12)16(7)19/h5-6H,3-4H2,1-2H3. The van der Waals surface area contributed by atoms with Crippen molar-refractivity contribution in [1.29, 1.82) is 0 Å². The number of rotatable bonds is 3. The zero-order valence-corrected chi connectivity index (χ0v) is 13.3. The van der Waals surface area contributed by atoms with Crippen molar-refractivity contribution >= 4 is 40.4 Å². The van der Waals surface area contributed by atoms with Gasteiger partial charge < -0.3 is 19.4 Å². The maximum absolute atomic E-state index is 12.4. The van der Waals surface area contributed by atoms with Crippen molar-refractivity contribution < 1.29 is 18.7 Å². The van der Waals surface area contributed by atoms with Crippen LogP contribution in [0.3, 0.4) is 0 Å². The van der Waals surface area contributed by atoms with Crippen LogP contribution in [-0.4, -0.2) is 24.6 Å². The van der Waals surface area contributed by atoms with Crippen LogP contribution in [0.25, 0.3) is 11.0 Å².